The van der Waals surface area contributed by atoms with Crippen LogP contribution in [0.25, 0.3) is 5.70 Å². The van der Waals surface area contributed by atoms with Crippen molar-refractivity contribution in [2.45, 2.75) is 33.6 Å². The smallest absolute Gasteiger partial charge is 0.249 e. The molecule has 1 fully saturated rings. The molecule has 0 unspecified atom stereocenters. The number of Topliss-reactive ketones (excluding diaryl/α,β-unsaturated/α-hetero) is 1. The van der Waals surface area contributed by atoms with Crippen LogP contribution in [-0.4, -0.2) is 21.5 Å². The van der Waals surface area contributed by atoms with E-state index in [0.717, 1.165) is 12.8 Å². The Hall–Kier alpha value is -1.91. The fourth-order valence-electron chi connectivity index (χ4n) is 2.15. The van der Waals surface area contributed by atoms with Gasteiger partial charge < -0.3 is 5.73 Å². The minimum absolute atomic E-state index is 0. The first-order chi connectivity index (χ1) is 8.91. The third-order valence-corrected chi connectivity index (χ3v) is 3.26. The van der Waals surface area contributed by atoms with E-state index in [1.54, 1.807) is 12.3 Å². The number of carbonyl (C=O) groups is 2. The zero-order chi connectivity index (χ0) is 14.2. The van der Waals surface area contributed by atoms with Crippen molar-refractivity contribution in [3.05, 3.63) is 23.5 Å². The molecule has 0 aromatic carbocycles. The van der Waals surface area contributed by atoms with Gasteiger partial charge in [-0.2, -0.15) is 5.10 Å². The summed E-state index contributed by atoms with van der Waals surface area (Å²) >= 11 is 0. The number of hydrogen-bond donors (Lipinski definition) is 1. The first-order valence-corrected chi connectivity index (χ1v) is 6.52. The summed E-state index contributed by atoms with van der Waals surface area (Å²) in [6.07, 6.45) is 3.48. The predicted molar refractivity (Wildman–Crippen MR) is 74.3 cm³/mol. The molecular formula is C14H21N3O2. The van der Waals surface area contributed by atoms with Gasteiger partial charge in [-0.05, 0) is 31.7 Å². The lowest BCUT2D eigenvalue weighted by atomic mass is 9.96. The largest absolute Gasteiger partial charge is 0.397 e. The van der Waals surface area contributed by atoms with Crippen LogP contribution in [0.5, 0.6) is 0 Å². The molecule has 5 nitrogen and oxygen atoms in total. The maximum Gasteiger partial charge on any atom is 0.249 e. The molecule has 1 aromatic rings. The summed E-state index contributed by atoms with van der Waals surface area (Å²) in [6.45, 7) is 5.32. The standard InChI is InChI=1S/C14H19N3O2.H2/c1-8(2)12(9(3)18)13(15)11-6-7-17(16-11)14(19)10-4-5-10;/h6-8,10H,4-5,15H2,1-3H3;1H/b13-12-;. The van der Waals surface area contributed by atoms with Crippen LogP contribution in [0, 0.1) is 11.8 Å². The van der Waals surface area contributed by atoms with E-state index >= 15 is 0 Å². The van der Waals surface area contributed by atoms with Gasteiger partial charge in [0.15, 0.2) is 5.78 Å². The molecule has 2 N–H and O–H groups in total. The number of allylic oxidation sites excluding steroid dienone is 1. The third-order valence-electron chi connectivity index (χ3n) is 3.26. The van der Waals surface area contributed by atoms with Crippen molar-refractivity contribution in [1.29, 1.82) is 0 Å². The number of ketones is 1. The lowest BCUT2D eigenvalue weighted by Crippen LogP contribution is -2.16. The number of aromatic nitrogens is 2. The van der Waals surface area contributed by atoms with E-state index in [2.05, 4.69) is 5.10 Å². The van der Waals surface area contributed by atoms with E-state index < -0.39 is 0 Å². The topological polar surface area (TPSA) is 78.0 Å². The monoisotopic (exact) mass is 263 g/mol. The van der Waals surface area contributed by atoms with E-state index in [1.165, 1.54) is 11.6 Å². The zero-order valence-corrected chi connectivity index (χ0v) is 11.5. The molecule has 0 radical (unpaired) electrons. The molecule has 1 aliphatic rings. The number of hydrogen-bond acceptors (Lipinski definition) is 4. The maximum atomic E-state index is 11.9. The summed E-state index contributed by atoms with van der Waals surface area (Å²) in [7, 11) is 0. The van der Waals surface area contributed by atoms with Crippen LogP contribution >= 0.6 is 0 Å². The van der Waals surface area contributed by atoms with Gasteiger partial charge in [-0.15, -0.1) is 0 Å². The van der Waals surface area contributed by atoms with Gasteiger partial charge in [0.25, 0.3) is 0 Å². The van der Waals surface area contributed by atoms with Crippen molar-refractivity contribution in [1.82, 2.24) is 9.78 Å². The maximum absolute atomic E-state index is 11.9. The number of nitrogens with zero attached hydrogens (tertiary/aromatic N) is 2. The summed E-state index contributed by atoms with van der Waals surface area (Å²) in [6, 6.07) is 1.68. The molecule has 1 heterocycles. The van der Waals surface area contributed by atoms with Crippen LogP contribution in [0.3, 0.4) is 0 Å². The van der Waals surface area contributed by atoms with E-state index in [-0.39, 0.29) is 25.0 Å². The molecule has 0 aliphatic heterocycles. The van der Waals surface area contributed by atoms with Crippen molar-refractivity contribution in [2.24, 2.45) is 17.6 Å². The molecule has 104 valence electrons. The van der Waals surface area contributed by atoms with Crippen LogP contribution in [0.4, 0.5) is 0 Å². The summed E-state index contributed by atoms with van der Waals surface area (Å²) in [4.78, 5) is 23.5. The van der Waals surface area contributed by atoms with Gasteiger partial charge in [0, 0.05) is 19.1 Å². The van der Waals surface area contributed by atoms with Crippen LogP contribution < -0.4 is 5.73 Å². The highest BCUT2D eigenvalue weighted by molar-refractivity contribution is 6.00. The molecule has 0 bridgehead atoms. The van der Waals surface area contributed by atoms with Gasteiger partial charge in [-0.3, -0.25) is 9.59 Å². The molecule has 0 spiro atoms. The molecule has 2 rings (SSSR count). The normalized spacial score (nSPS) is 16.4. The van der Waals surface area contributed by atoms with Gasteiger partial charge in [0.1, 0.15) is 5.69 Å². The Morgan fingerprint density at radius 2 is 2.11 bits per heavy atom. The average molecular weight is 263 g/mol. The second kappa shape index (κ2) is 4.99. The Morgan fingerprint density at radius 1 is 1.47 bits per heavy atom. The van der Waals surface area contributed by atoms with E-state index in [1.807, 2.05) is 13.8 Å². The second-order valence-corrected chi connectivity index (χ2v) is 5.30. The summed E-state index contributed by atoms with van der Waals surface area (Å²) < 4.78 is 1.33. The van der Waals surface area contributed by atoms with Crippen LogP contribution in [0.2, 0.25) is 0 Å². The summed E-state index contributed by atoms with van der Waals surface area (Å²) in [5, 5.41) is 4.19. The summed E-state index contributed by atoms with van der Waals surface area (Å²) in [5.41, 5.74) is 7.44. The number of nitrogens with two attached hydrogens (primary N) is 1. The second-order valence-electron chi connectivity index (χ2n) is 5.30. The molecule has 1 saturated carbocycles. The molecule has 1 aromatic heterocycles. The lowest BCUT2D eigenvalue weighted by molar-refractivity contribution is -0.114. The molecule has 5 heteroatoms. The quantitative estimate of drug-likeness (QED) is 0.844. The van der Waals surface area contributed by atoms with Crippen LogP contribution in [-0.2, 0) is 4.79 Å². The molecule has 1 aliphatic carbocycles. The van der Waals surface area contributed by atoms with Gasteiger partial charge in [0.05, 0.1) is 5.70 Å². The van der Waals surface area contributed by atoms with Gasteiger partial charge in [0.2, 0.25) is 5.91 Å². The van der Waals surface area contributed by atoms with Crippen molar-refractivity contribution in [3.63, 3.8) is 0 Å². The zero-order valence-electron chi connectivity index (χ0n) is 11.5. The SMILES string of the molecule is CC(=O)/C(=C(\N)c1ccn(C(=O)C2CC2)n1)C(C)C.[HH]. The highest BCUT2D eigenvalue weighted by Gasteiger charge is 2.31. The van der Waals surface area contributed by atoms with Gasteiger partial charge in [-0.1, -0.05) is 13.8 Å². The Balaban J connectivity index is 0.00000200. The van der Waals surface area contributed by atoms with Crippen LogP contribution in [0.1, 0.15) is 45.5 Å². The Kier molecular flexibility index (Phi) is 3.55. The number of carbonyl (C=O) groups excluding carboxylic acids is 2. The Labute approximate surface area is 114 Å². The van der Waals surface area contributed by atoms with E-state index in [0.29, 0.717) is 17.0 Å². The molecule has 19 heavy (non-hydrogen) atoms. The minimum Gasteiger partial charge on any atom is -0.397 e. The fourth-order valence-corrected chi connectivity index (χ4v) is 2.15. The number of rotatable bonds is 4. The van der Waals surface area contributed by atoms with Crippen molar-refractivity contribution >= 4 is 17.4 Å². The Bertz CT molecular complexity index is 557. The fraction of sp³-hybridized carbons (Fsp3) is 0.500. The average Bonchev–Trinajstić information content (AvgIpc) is 3.04. The summed E-state index contributed by atoms with van der Waals surface area (Å²) in [5.74, 6) is 0.0839. The first-order valence-electron chi connectivity index (χ1n) is 6.52. The Morgan fingerprint density at radius 3 is 2.58 bits per heavy atom. The van der Waals surface area contributed by atoms with Crippen molar-refractivity contribution in [2.75, 3.05) is 0 Å². The van der Waals surface area contributed by atoms with Crippen LogP contribution in [0.15, 0.2) is 17.8 Å². The van der Waals surface area contributed by atoms with Crippen molar-refractivity contribution < 1.29 is 11.0 Å². The molecule has 0 atom stereocenters. The highest BCUT2D eigenvalue weighted by Crippen LogP contribution is 2.30. The predicted octanol–water partition coefficient (Wildman–Crippen LogP) is 2.09. The molecular weight excluding hydrogens is 242 g/mol. The lowest BCUT2D eigenvalue weighted by Gasteiger charge is -2.10. The van der Waals surface area contributed by atoms with E-state index in [9.17, 15) is 9.59 Å². The molecule has 0 amide bonds. The van der Waals surface area contributed by atoms with Crippen molar-refractivity contribution in [3.8, 4) is 0 Å². The third kappa shape index (κ3) is 2.75. The highest BCUT2D eigenvalue weighted by atomic mass is 16.2. The minimum atomic E-state index is -0.0597. The molecule has 0 saturated heterocycles. The van der Waals surface area contributed by atoms with Gasteiger partial charge >= 0.3 is 0 Å². The first kappa shape index (κ1) is 13.5. The van der Waals surface area contributed by atoms with E-state index in [4.69, 9.17) is 5.73 Å². The van der Waals surface area contributed by atoms with Gasteiger partial charge in [-0.25, -0.2) is 4.68 Å².